The molecule has 0 saturated heterocycles. The molecule has 0 fully saturated rings. The molecular weight excluding hydrogens is 148 g/mol. The van der Waals surface area contributed by atoms with Gasteiger partial charge in [-0.1, -0.05) is 30.9 Å². The molecule has 0 aromatic heterocycles. The fourth-order valence-electron chi connectivity index (χ4n) is 1.02. The Kier molecular flexibility index (Phi) is 6.16. The molecule has 0 spiro atoms. The SMILES string of the molecule is C=C/C(=C\C)CCCCC(=C)O. The van der Waals surface area contributed by atoms with E-state index in [0.29, 0.717) is 6.42 Å². The lowest BCUT2D eigenvalue weighted by atomic mass is 10.1. The van der Waals surface area contributed by atoms with E-state index >= 15 is 0 Å². The average Bonchev–Trinajstić information content (AvgIpc) is 2.04. The van der Waals surface area contributed by atoms with Crippen molar-refractivity contribution in [2.75, 3.05) is 0 Å². The molecule has 1 N–H and O–H groups in total. The van der Waals surface area contributed by atoms with Crippen LogP contribution in [0.25, 0.3) is 0 Å². The van der Waals surface area contributed by atoms with Crippen molar-refractivity contribution in [3.05, 3.63) is 36.6 Å². The standard InChI is InChI=1S/C11H18O/c1-4-11(5-2)9-7-6-8-10(3)12/h4-5,12H,1,3,6-9H2,2H3/b11-5+. The van der Waals surface area contributed by atoms with Crippen molar-refractivity contribution in [1.82, 2.24) is 0 Å². The number of rotatable bonds is 6. The number of hydrogen-bond donors (Lipinski definition) is 1. The molecule has 68 valence electrons. The minimum atomic E-state index is 0.288. The molecule has 0 bridgehead atoms. The average molecular weight is 166 g/mol. The van der Waals surface area contributed by atoms with Gasteiger partial charge in [-0.05, 0) is 26.2 Å². The zero-order valence-corrected chi connectivity index (χ0v) is 7.84. The van der Waals surface area contributed by atoms with Crippen molar-refractivity contribution >= 4 is 0 Å². The first-order valence-corrected chi connectivity index (χ1v) is 4.35. The highest BCUT2D eigenvalue weighted by molar-refractivity contribution is 5.14. The van der Waals surface area contributed by atoms with Crippen molar-refractivity contribution in [3.8, 4) is 0 Å². The van der Waals surface area contributed by atoms with Crippen LogP contribution in [0.4, 0.5) is 0 Å². The predicted molar refractivity (Wildman–Crippen MR) is 54.2 cm³/mol. The fraction of sp³-hybridized carbons (Fsp3) is 0.455. The zero-order chi connectivity index (χ0) is 9.40. The van der Waals surface area contributed by atoms with Crippen LogP contribution < -0.4 is 0 Å². The summed E-state index contributed by atoms with van der Waals surface area (Å²) in [5, 5.41) is 8.80. The van der Waals surface area contributed by atoms with E-state index in [0.717, 1.165) is 19.3 Å². The van der Waals surface area contributed by atoms with Crippen molar-refractivity contribution < 1.29 is 5.11 Å². The van der Waals surface area contributed by atoms with Crippen LogP contribution in [0.3, 0.4) is 0 Å². The van der Waals surface area contributed by atoms with Gasteiger partial charge in [0.1, 0.15) is 0 Å². The molecule has 12 heavy (non-hydrogen) atoms. The van der Waals surface area contributed by atoms with Gasteiger partial charge in [0.2, 0.25) is 0 Å². The van der Waals surface area contributed by atoms with Crippen LogP contribution in [-0.2, 0) is 0 Å². The quantitative estimate of drug-likeness (QED) is 0.362. The first kappa shape index (κ1) is 11.0. The summed E-state index contributed by atoms with van der Waals surface area (Å²) in [5.74, 6) is 0.288. The molecular formula is C11H18O. The Labute approximate surface area is 75.1 Å². The van der Waals surface area contributed by atoms with Crippen molar-refractivity contribution in [1.29, 1.82) is 0 Å². The molecule has 0 aromatic rings. The van der Waals surface area contributed by atoms with E-state index < -0.39 is 0 Å². The lowest BCUT2D eigenvalue weighted by Gasteiger charge is -2.00. The van der Waals surface area contributed by atoms with Crippen molar-refractivity contribution in [3.63, 3.8) is 0 Å². The lowest BCUT2D eigenvalue weighted by Crippen LogP contribution is -1.82. The Morgan fingerprint density at radius 3 is 2.33 bits per heavy atom. The normalized spacial score (nSPS) is 11.2. The minimum Gasteiger partial charge on any atom is -0.513 e. The lowest BCUT2D eigenvalue weighted by molar-refractivity contribution is 0.385. The third kappa shape index (κ3) is 5.78. The number of allylic oxidation sites excluding steroid dienone is 4. The van der Waals surface area contributed by atoms with Gasteiger partial charge in [0.25, 0.3) is 0 Å². The summed E-state index contributed by atoms with van der Waals surface area (Å²) in [6.07, 6.45) is 7.81. The maximum atomic E-state index is 8.80. The Morgan fingerprint density at radius 2 is 1.92 bits per heavy atom. The molecule has 0 atom stereocenters. The van der Waals surface area contributed by atoms with Gasteiger partial charge in [-0.25, -0.2) is 0 Å². The van der Waals surface area contributed by atoms with Crippen LogP contribution in [0, 0.1) is 0 Å². The summed E-state index contributed by atoms with van der Waals surface area (Å²) in [6, 6.07) is 0. The van der Waals surface area contributed by atoms with E-state index in [1.165, 1.54) is 5.57 Å². The number of hydrogen-bond acceptors (Lipinski definition) is 1. The van der Waals surface area contributed by atoms with E-state index in [1.54, 1.807) is 0 Å². The summed E-state index contributed by atoms with van der Waals surface area (Å²) in [5.41, 5.74) is 1.28. The van der Waals surface area contributed by atoms with Gasteiger partial charge in [0.05, 0.1) is 5.76 Å². The summed E-state index contributed by atoms with van der Waals surface area (Å²) >= 11 is 0. The van der Waals surface area contributed by atoms with Crippen LogP contribution in [0.15, 0.2) is 36.6 Å². The monoisotopic (exact) mass is 166 g/mol. The second-order valence-electron chi connectivity index (χ2n) is 2.84. The number of aliphatic hydroxyl groups excluding tert-OH is 1. The third-order valence-corrected chi connectivity index (χ3v) is 1.81. The van der Waals surface area contributed by atoms with E-state index in [1.807, 2.05) is 13.0 Å². The topological polar surface area (TPSA) is 20.2 Å². The molecule has 0 aliphatic heterocycles. The first-order valence-electron chi connectivity index (χ1n) is 4.35. The number of unbranched alkanes of at least 4 members (excludes halogenated alkanes) is 1. The second-order valence-corrected chi connectivity index (χ2v) is 2.84. The molecule has 0 radical (unpaired) electrons. The summed E-state index contributed by atoms with van der Waals surface area (Å²) in [7, 11) is 0. The highest BCUT2D eigenvalue weighted by Gasteiger charge is 1.93. The highest BCUT2D eigenvalue weighted by Crippen LogP contribution is 2.11. The van der Waals surface area contributed by atoms with Crippen LogP contribution >= 0.6 is 0 Å². The first-order chi connectivity index (χ1) is 5.70. The van der Waals surface area contributed by atoms with Crippen LogP contribution in [-0.4, -0.2) is 5.11 Å². The van der Waals surface area contributed by atoms with Crippen LogP contribution in [0.5, 0.6) is 0 Å². The largest absolute Gasteiger partial charge is 0.513 e. The van der Waals surface area contributed by atoms with Gasteiger partial charge in [-0.2, -0.15) is 0 Å². The summed E-state index contributed by atoms with van der Waals surface area (Å²) in [4.78, 5) is 0. The van der Waals surface area contributed by atoms with Crippen molar-refractivity contribution in [2.24, 2.45) is 0 Å². The van der Waals surface area contributed by atoms with Crippen LogP contribution in [0.1, 0.15) is 32.6 Å². The molecule has 0 aromatic carbocycles. The molecule has 0 saturated carbocycles. The van der Waals surface area contributed by atoms with E-state index in [2.05, 4.69) is 19.2 Å². The summed E-state index contributed by atoms with van der Waals surface area (Å²) < 4.78 is 0. The maximum absolute atomic E-state index is 8.80. The molecule has 0 heterocycles. The molecule has 0 aliphatic rings. The van der Waals surface area contributed by atoms with Crippen molar-refractivity contribution in [2.45, 2.75) is 32.6 Å². The molecule has 0 rings (SSSR count). The van der Waals surface area contributed by atoms with Crippen LogP contribution in [0.2, 0.25) is 0 Å². The molecule has 1 nitrogen and oxygen atoms in total. The van der Waals surface area contributed by atoms with Gasteiger partial charge in [0, 0.05) is 6.42 Å². The van der Waals surface area contributed by atoms with Gasteiger partial charge >= 0.3 is 0 Å². The van der Waals surface area contributed by atoms with Gasteiger partial charge < -0.3 is 5.11 Å². The smallest absolute Gasteiger partial charge is 0.0851 e. The predicted octanol–water partition coefficient (Wildman–Crippen LogP) is 3.75. The zero-order valence-electron chi connectivity index (χ0n) is 7.84. The van der Waals surface area contributed by atoms with Gasteiger partial charge in [-0.15, -0.1) is 0 Å². The Morgan fingerprint density at radius 1 is 1.33 bits per heavy atom. The van der Waals surface area contributed by atoms with Gasteiger partial charge in [-0.3, -0.25) is 0 Å². The number of aliphatic hydroxyl groups is 1. The Hall–Kier alpha value is -0.980. The summed E-state index contributed by atoms with van der Waals surface area (Å²) in [6.45, 7) is 9.16. The highest BCUT2D eigenvalue weighted by atomic mass is 16.3. The molecule has 0 aliphatic carbocycles. The third-order valence-electron chi connectivity index (χ3n) is 1.81. The molecule has 0 amide bonds. The fourth-order valence-corrected chi connectivity index (χ4v) is 1.02. The minimum absolute atomic E-state index is 0.288. The van der Waals surface area contributed by atoms with Gasteiger partial charge in [0.15, 0.2) is 0 Å². The molecule has 0 unspecified atom stereocenters. The Bertz CT molecular complexity index is 177. The molecule has 1 heteroatoms. The Balaban J connectivity index is 3.42. The second kappa shape index (κ2) is 6.71. The van der Waals surface area contributed by atoms with E-state index in [-0.39, 0.29) is 5.76 Å². The van der Waals surface area contributed by atoms with E-state index in [9.17, 15) is 0 Å². The van der Waals surface area contributed by atoms with E-state index in [4.69, 9.17) is 5.11 Å². The maximum Gasteiger partial charge on any atom is 0.0851 e.